The normalized spacial score (nSPS) is 12.1. The highest BCUT2D eigenvalue weighted by atomic mass is 79.9. The van der Waals surface area contributed by atoms with Crippen LogP contribution in [0.1, 0.15) is 23.1 Å². The monoisotopic (exact) mass is 488 g/mol. The van der Waals surface area contributed by atoms with Crippen LogP contribution in [0.25, 0.3) is 22.0 Å². The first kappa shape index (κ1) is 21.8. The fraction of sp³-hybridized carbons (Fsp3) is 0.148. The zero-order valence-corrected chi connectivity index (χ0v) is 20.1. The third-order valence-corrected chi connectivity index (χ3v) is 6.51. The minimum Gasteiger partial charge on any atom is -0.319 e. The largest absolute Gasteiger partial charge is 0.319 e. The number of benzene rings is 3. The van der Waals surface area contributed by atoms with E-state index in [0.29, 0.717) is 0 Å². The van der Waals surface area contributed by atoms with Crippen molar-refractivity contribution in [2.24, 2.45) is 0 Å². The molecule has 1 N–H and O–H groups in total. The molecule has 0 bridgehead atoms. The van der Waals surface area contributed by atoms with Gasteiger partial charge in [-0.25, -0.2) is 4.98 Å². The molecule has 2 nitrogen and oxygen atoms in total. The number of hydrogen-bond acceptors (Lipinski definition) is 3. The van der Waals surface area contributed by atoms with Crippen LogP contribution >= 0.6 is 27.7 Å². The van der Waals surface area contributed by atoms with E-state index in [1.54, 1.807) is 11.8 Å². The lowest BCUT2D eigenvalue weighted by molar-refractivity contribution is 0.816. The van der Waals surface area contributed by atoms with E-state index in [9.17, 15) is 0 Å². The summed E-state index contributed by atoms with van der Waals surface area (Å²) in [5, 5.41) is 5.51. The van der Waals surface area contributed by atoms with Gasteiger partial charge < -0.3 is 5.32 Å². The van der Waals surface area contributed by atoms with E-state index in [0.717, 1.165) is 33.4 Å². The van der Waals surface area contributed by atoms with Gasteiger partial charge in [-0.1, -0.05) is 76.6 Å². The van der Waals surface area contributed by atoms with Crippen LogP contribution in [0.15, 0.2) is 94.4 Å². The highest BCUT2D eigenvalue weighted by Crippen LogP contribution is 2.39. The van der Waals surface area contributed by atoms with E-state index in [2.05, 4.69) is 112 Å². The summed E-state index contributed by atoms with van der Waals surface area (Å²) in [6.45, 7) is 0.904. The molecular weight excluding hydrogens is 464 g/mol. The molecule has 0 unspecified atom stereocenters. The van der Waals surface area contributed by atoms with Crippen molar-refractivity contribution in [2.45, 2.75) is 11.4 Å². The molecule has 0 atom stereocenters. The molecule has 0 saturated carbocycles. The van der Waals surface area contributed by atoms with Crippen molar-refractivity contribution < 1.29 is 0 Å². The maximum Gasteiger partial charge on any atom is 0.104 e. The Morgan fingerprint density at radius 2 is 1.58 bits per heavy atom. The third-order valence-electron chi connectivity index (χ3n) is 5.32. The van der Waals surface area contributed by atoms with E-state index >= 15 is 0 Å². The molecule has 0 fully saturated rings. The quantitative estimate of drug-likeness (QED) is 0.218. The van der Waals surface area contributed by atoms with Crippen molar-refractivity contribution in [3.63, 3.8) is 0 Å². The lowest BCUT2D eigenvalue weighted by Gasteiger charge is -2.20. The maximum absolute atomic E-state index is 5.03. The molecule has 3 aromatic carbocycles. The van der Waals surface area contributed by atoms with Crippen LogP contribution in [0.5, 0.6) is 0 Å². The predicted octanol–water partition coefficient (Wildman–Crippen LogP) is 7.29. The van der Waals surface area contributed by atoms with Crippen LogP contribution in [0, 0.1) is 0 Å². The number of aromatic nitrogens is 1. The Balaban J connectivity index is 2.07. The van der Waals surface area contributed by atoms with Gasteiger partial charge in [0.25, 0.3) is 0 Å². The molecule has 4 rings (SSSR count). The van der Waals surface area contributed by atoms with Gasteiger partial charge in [-0.3, -0.25) is 0 Å². The average molecular weight is 489 g/mol. The summed E-state index contributed by atoms with van der Waals surface area (Å²) < 4.78 is 1.06. The minimum atomic E-state index is 0.904. The van der Waals surface area contributed by atoms with Gasteiger partial charge in [0, 0.05) is 15.4 Å². The molecule has 0 spiro atoms. The fourth-order valence-corrected chi connectivity index (χ4v) is 4.81. The van der Waals surface area contributed by atoms with Crippen LogP contribution in [0.4, 0.5) is 0 Å². The van der Waals surface area contributed by atoms with E-state index in [1.807, 2.05) is 7.05 Å². The molecule has 1 heterocycles. The SMILES string of the molecule is CNCC/C(=C(\c1ccccc1)c1cc2cc(Br)ccc2nc1SC)c1ccccc1. The van der Waals surface area contributed by atoms with E-state index in [4.69, 9.17) is 4.98 Å². The van der Waals surface area contributed by atoms with Crippen molar-refractivity contribution in [3.05, 3.63) is 106 Å². The second-order valence-electron chi connectivity index (χ2n) is 7.32. The summed E-state index contributed by atoms with van der Waals surface area (Å²) in [7, 11) is 2.01. The Hall–Kier alpha value is -2.40. The number of pyridine rings is 1. The number of fused-ring (bicyclic) bond motifs is 1. The van der Waals surface area contributed by atoms with E-state index < -0.39 is 0 Å². The standard InChI is InChI=1S/C27H25BrN2S/c1-29-16-15-23(19-9-5-3-6-10-19)26(20-11-7-4-8-12-20)24-18-21-17-22(28)13-14-25(21)30-27(24)31-2/h3-14,17-18,29H,15-16H2,1-2H3/b26-23-. The summed E-state index contributed by atoms with van der Waals surface area (Å²) in [4.78, 5) is 5.03. The number of hydrogen-bond donors (Lipinski definition) is 1. The van der Waals surface area contributed by atoms with Crippen LogP contribution in [-0.4, -0.2) is 24.8 Å². The summed E-state index contributed by atoms with van der Waals surface area (Å²) >= 11 is 5.32. The van der Waals surface area contributed by atoms with Gasteiger partial charge in [0.2, 0.25) is 0 Å². The first-order valence-corrected chi connectivity index (χ1v) is 12.4. The van der Waals surface area contributed by atoms with Crippen LogP contribution in [-0.2, 0) is 0 Å². The predicted molar refractivity (Wildman–Crippen MR) is 139 cm³/mol. The van der Waals surface area contributed by atoms with E-state index in [-0.39, 0.29) is 0 Å². The lowest BCUT2D eigenvalue weighted by atomic mass is 9.88. The summed E-state index contributed by atoms with van der Waals surface area (Å²) in [5.74, 6) is 0. The Labute approximate surface area is 196 Å². The molecule has 0 aliphatic rings. The fourth-order valence-electron chi connectivity index (χ4n) is 3.86. The zero-order chi connectivity index (χ0) is 21.6. The second-order valence-corrected chi connectivity index (χ2v) is 9.03. The molecular formula is C27H25BrN2S. The molecule has 0 amide bonds. The summed E-state index contributed by atoms with van der Waals surface area (Å²) in [5.41, 5.74) is 7.23. The van der Waals surface area contributed by atoms with Crippen molar-refractivity contribution in [1.82, 2.24) is 10.3 Å². The zero-order valence-electron chi connectivity index (χ0n) is 17.7. The van der Waals surface area contributed by atoms with Gasteiger partial charge in [0.05, 0.1) is 5.52 Å². The molecule has 0 saturated heterocycles. The van der Waals surface area contributed by atoms with E-state index in [1.165, 1.54) is 27.8 Å². The number of halogens is 1. The molecule has 31 heavy (non-hydrogen) atoms. The van der Waals surface area contributed by atoms with Crippen molar-refractivity contribution >= 4 is 49.7 Å². The van der Waals surface area contributed by atoms with Gasteiger partial charge in [0.1, 0.15) is 5.03 Å². The number of thioether (sulfide) groups is 1. The van der Waals surface area contributed by atoms with Crippen LogP contribution in [0.3, 0.4) is 0 Å². The van der Waals surface area contributed by atoms with Crippen molar-refractivity contribution in [2.75, 3.05) is 19.8 Å². The van der Waals surface area contributed by atoms with Crippen LogP contribution in [0.2, 0.25) is 0 Å². The number of nitrogens with one attached hydrogen (secondary N) is 1. The number of rotatable bonds is 7. The molecule has 0 aliphatic heterocycles. The molecule has 156 valence electrons. The molecule has 4 aromatic rings. The Morgan fingerprint density at radius 1 is 0.903 bits per heavy atom. The smallest absolute Gasteiger partial charge is 0.104 e. The third kappa shape index (κ3) is 4.93. The topological polar surface area (TPSA) is 24.9 Å². The second kappa shape index (κ2) is 10.3. The average Bonchev–Trinajstić information content (AvgIpc) is 2.82. The van der Waals surface area contributed by atoms with Gasteiger partial charge in [0.15, 0.2) is 0 Å². The molecule has 0 aliphatic carbocycles. The van der Waals surface area contributed by atoms with Gasteiger partial charge in [-0.05, 0) is 72.8 Å². The van der Waals surface area contributed by atoms with Crippen molar-refractivity contribution in [3.8, 4) is 0 Å². The number of nitrogens with zero attached hydrogens (tertiary/aromatic N) is 1. The molecule has 0 radical (unpaired) electrons. The summed E-state index contributed by atoms with van der Waals surface area (Å²) in [6.07, 6.45) is 3.03. The lowest BCUT2D eigenvalue weighted by Crippen LogP contribution is -2.09. The van der Waals surface area contributed by atoms with Gasteiger partial charge >= 0.3 is 0 Å². The maximum atomic E-state index is 5.03. The van der Waals surface area contributed by atoms with Crippen molar-refractivity contribution in [1.29, 1.82) is 0 Å². The minimum absolute atomic E-state index is 0.904. The van der Waals surface area contributed by atoms with Gasteiger partial charge in [-0.2, -0.15) is 0 Å². The van der Waals surface area contributed by atoms with Gasteiger partial charge in [-0.15, -0.1) is 11.8 Å². The first-order chi connectivity index (χ1) is 15.2. The first-order valence-electron chi connectivity index (χ1n) is 10.3. The highest BCUT2D eigenvalue weighted by molar-refractivity contribution is 9.10. The van der Waals surface area contributed by atoms with Crippen LogP contribution < -0.4 is 5.32 Å². The molecule has 4 heteroatoms. The highest BCUT2D eigenvalue weighted by Gasteiger charge is 2.18. The Morgan fingerprint density at radius 3 is 2.23 bits per heavy atom. The Bertz CT molecular complexity index is 1200. The Kier molecular flexibility index (Phi) is 7.23. The summed E-state index contributed by atoms with van der Waals surface area (Å²) in [6, 6.07) is 30.0. The molecule has 1 aromatic heterocycles.